The summed E-state index contributed by atoms with van der Waals surface area (Å²) in [5.41, 5.74) is 7.47. The van der Waals surface area contributed by atoms with E-state index in [-0.39, 0.29) is 0 Å². The van der Waals surface area contributed by atoms with Crippen molar-refractivity contribution in [1.82, 2.24) is 14.9 Å². The van der Waals surface area contributed by atoms with Gasteiger partial charge >= 0.3 is 0 Å². The number of rotatable bonds is 4. The number of likely N-dealkylation sites (tertiary alicyclic amines) is 1. The quantitative estimate of drug-likeness (QED) is 0.701. The van der Waals surface area contributed by atoms with E-state index in [4.69, 9.17) is 5.73 Å². The molecule has 0 bridgehead atoms. The molecule has 2 fully saturated rings. The maximum absolute atomic E-state index is 11.7. The Morgan fingerprint density at radius 1 is 1.15 bits per heavy atom. The van der Waals surface area contributed by atoms with Crippen LogP contribution in [-0.2, 0) is 0 Å². The van der Waals surface area contributed by atoms with Crippen LogP contribution in [0, 0.1) is 0 Å². The summed E-state index contributed by atoms with van der Waals surface area (Å²) in [5.74, 6) is 0.379. The number of hydrogen-bond acceptors (Lipinski definition) is 4. The van der Waals surface area contributed by atoms with Crippen LogP contribution in [0.4, 0.5) is 0 Å². The number of thiophene rings is 1. The second kappa shape index (κ2) is 6.77. The Kier molecular flexibility index (Phi) is 4.25. The van der Waals surface area contributed by atoms with Crippen molar-refractivity contribution in [3.05, 3.63) is 40.8 Å². The van der Waals surface area contributed by atoms with Crippen molar-refractivity contribution >= 4 is 28.3 Å². The molecular formula is C21H24N4OS. The number of hydrogen-bond donors (Lipinski definition) is 2. The van der Waals surface area contributed by atoms with E-state index in [1.807, 2.05) is 23.5 Å². The summed E-state index contributed by atoms with van der Waals surface area (Å²) in [6.07, 6.45) is 8.02. The highest BCUT2D eigenvalue weighted by molar-refractivity contribution is 7.15. The van der Waals surface area contributed by atoms with Gasteiger partial charge in [0, 0.05) is 17.0 Å². The lowest BCUT2D eigenvalue weighted by molar-refractivity contribution is 0.100. The van der Waals surface area contributed by atoms with E-state index in [1.54, 1.807) is 6.07 Å². The minimum Gasteiger partial charge on any atom is -0.366 e. The molecule has 1 saturated heterocycles. The minimum absolute atomic E-state index is 0.441. The van der Waals surface area contributed by atoms with Crippen LogP contribution in [0.15, 0.2) is 30.3 Å². The highest BCUT2D eigenvalue weighted by atomic mass is 32.1. The first-order chi connectivity index (χ1) is 13.2. The standard InChI is InChI=1S/C21H24N4OS/c22-20(26)14-7-3-8-15-19(14)24-21(23-15)18-11-10-17(27-18)16-9-4-12-25(16)13-5-1-2-6-13/h3,7-8,10-11,13,16H,1-2,4-6,9,12H2,(H2,22,26)(H,23,24)/t16-/m1/s1. The van der Waals surface area contributed by atoms with Gasteiger partial charge in [0.15, 0.2) is 0 Å². The minimum atomic E-state index is -0.441. The molecular weight excluding hydrogens is 356 g/mol. The number of nitrogens with two attached hydrogens (primary N) is 1. The summed E-state index contributed by atoms with van der Waals surface area (Å²) in [6, 6.07) is 11.2. The van der Waals surface area contributed by atoms with Gasteiger partial charge in [-0.1, -0.05) is 18.9 Å². The van der Waals surface area contributed by atoms with E-state index in [0.29, 0.717) is 17.1 Å². The molecule has 3 N–H and O–H groups in total. The Bertz CT molecular complexity index is 985. The second-order valence-corrected chi connectivity index (χ2v) is 8.80. The number of amides is 1. The fraction of sp³-hybridized carbons (Fsp3) is 0.429. The first kappa shape index (κ1) is 17.0. The Hall–Kier alpha value is -2.18. The lowest BCUT2D eigenvalue weighted by Crippen LogP contribution is -2.32. The van der Waals surface area contributed by atoms with Crippen molar-refractivity contribution in [3.63, 3.8) is 0 Å². The molecule has 140 valence electrons. The number of carbonyl (C=O) groups is 1. The zero-order valence-electron chi connectivity index (χ0n) is 15.3. The number of H-pyrrole nitrogens is 1. The third kappa shape index (κ3) is 2.97. The first-order valence-corrected chi connectivity index (χ1v) is 10.7. The molecule has 5 rings (SSSR count). The van der Waals surface area contributed by atoms with Gasteiger partial charge in [-0.2, -0.15) is 0 Å². The van der Waals surface area contributed by atoms with E-state index in [0.717, 1.165) is 22.3 Å². The average molecular weight is 381 g/mol. The molecule has 1 aliphatic carbocycles. The summed E-state index contributed by atoms with van der Waals surface area (Å²) >= 11 is 1.82. The Balaban J connectivity index is 1.46. The van der Waals surface area contributed by atoms with Crippen LogP contribution in [0.5, 0.6) is 0 Å². The molecule has 1 saturated carbocycles. The van der Waals surface area contributed by atoms with Gasteiger partial charge in [-0.3, -0.25) is 9.69 Å². The highest BCUT2D eigenvalue weighted by Gasteiger charge is 2.34. The van der Waals surface area contributed by atoms with Crippen molar-refractivity contribution in [3.8, 4) is 10.7 Å². The van der Waals surface area contributed by atoms with Gasteiger partial charge in [0.05, 0.1) is 16.0 Å². The van der Waals surface area contributed by atoms with Crippen LogP contribution in [0.1, 0.15) is 59.8 Å². The SMILES string of the molecule is NC(=O)c1cccc2[nH]c(-c3ccc([C@H]4CCCN4C4CCCC4)s3)nc12. The van der Waals surface area contributed by atoms with Crippen molar-refractivity contribution < 1.29 is 4.79 Å². The van der Waals surface area contributed by atoms with Crippen molar-refractivity contribution in [2.75, 3.05) is 6.54 Å². The van der Waals surface area contributed by atoms with E-state index in [9.17, 15) is 4.79 Å². The number of aromatic amines is 1. The van der Waals surface area contributed by atoms with E-state index in [2.05, 4.69) is 27.0 Å². The average Bonchev–Trinajstić information content (AvgIpc) is 3.46. The largest absolute Gasteiger partial charge is 0.366 e. The van der Waals surface area contributed by atoms with Crippen molar-refractivity contribution in [2.24, 2.45) is 5.73 Å². The van der Waals surface area contributed by atoms with Gasteiger partial charge < -0.3 is 10.7 Å². The number of primary amides is 1. The zero-order chi connectivity index (χ0) is 18.4. The molecule has 6 heteroatoms. The van der Waals surface area contributed by atoms with Crippen molar-refractivity contribution in [1.29, 1.82) is 0 Å². The predicted molar refractivity (Wildman–Crippen MR) is 109 cm³/mol. The van der Waals surface area contributed by atoms with E-state index in [1.165, 1.54) is 49.9 Å². The van der Waals surface area contributed by atoms with Gasteiger partial charge in [0.2, 0.25) is 0 Å². The van der Waals surface area contributed by atoms with Crippen LogP contribution in [0.2, 0.25) is 0 Å². The maximum atomic E-state index is 11.7. The molecule has 1 aromatic carbocycles. The molecule has 0 unspecified atom stereocenters. The Morgan fingerprint density at radius 3 is 2.81 bits per heavy atom. The lowest BCUT2D eigenvalue weighted by Gasteiger charge is -2.29. The molecule has 5 nitrogen and oxygen atoms in total. The van der Waals surface area contributed by atoms with E-state index >= 15 is 0 Å². The monoisotopic (exact) mass is 380 g/mol. The fourth-order valence-electron chi connectivity index (χ4n) is 4.77. The molecule has 2 aromatic heterocycles. The maximum Gasteiger partial charge on any atom is 0.250 e. The zero-order valence-corrected chi connectivity index (χ0v) is 16.1. The van der Waals surface area contributed by atoms with Crippen LogP contribution in [-0.4, -0.2) is 33.4 Å². The summed E-state index contributed by atoms with van der Waals surface area (Å²) < 4.78 is 0. The summed E-state index contributed by atoms with van der Waals surface area (Å²) in [4.78, 5) is 25.0. The molecule has 3 heterocycles. The molecule has 27 heavy (non-hydrogen) atoms. The number of para-hydroxylation sites is 1. The Labute approximate surface area is 162 Å². The number of imidazole rings is 1. The van der Waals surface area contributed by atoms with Crippen LogP contribution >= 0.6 is 11.3 Å². The fourth-order valence-corrected chi connectivity index (χ4v) is 5.88. The van der Waals surface area contributed by atoms with Crippen LogP contribution in [0.25, 0.3) is 21.7 Å². The van der Waals surface area contributed by atoms with Gasteiger partial charge in [0.1, 0.15) is 11.3 Å². The normalized spacial score (nSPS) is 21.4. The molecule has 1 atom stereocenters. The highest BCUT2D eigenvalue weighted by Crippen LogP contribution is 2.42. The van der Waals surface area contributed by atoms with Gasteiger partial charge in [-0.05, 0) is 56.5 Å². The number of fused-ring (bicyclic) bond motifs is 1. The van der Waals surface area contributed by atoms with Crippen molar-refractivity contribution in [2.45, 2.75) is 50.6 Å². The second-order valence-electron chi connectivity index (χ2n) is 7.69. The molecule has 0 spiro atoms. The topological polar surface area (TPSA) is 75.0 Å². The van der Waals surface area contributed by atoms with Crippen LogP contribution in [0.3, 0.4) is 0 Å². The molecule has 2 aliphatic rings. The van der Waals surface area contributed by atoms with Gasteiger partial charge in [0.25, 0.3) is 5.91 Å². The lowest BCUT2D eigenvalue weighted by atomic mass is 10.1. The number of aromatic nitrogens is 2. The number of benzene rings is 1. The molecule has 1 amide bonds. The molecule has 0 radical (unpaired) electrons. The third-order valence-electron chi connectivity index (χ3n) is 6.05. The number of nitrogens with zero attached hydrogens (tertiary/aromatic N) is 2. The molecule has 3 aromatic rings. The van der Waals surface area contributed by atoms with Gasteiger partial charge in [-0.25, -0.2) is 4.98 Å². The summed E-state index contributed by atoms with van der Waals surface area (Å²) in [7, 11) is 0. The number of carbonyl (C=O) groups excluding carboxylic acids is 1. The van der Waals surface area contributed by atoms with Gasteiger partial charge in [-0.15, -0.1) is 11.3 Å². The Morgan fingerprint density at radius 2 is 2.00 bits per heavy atom. The molecule has 1 aliphatic heterocycles. The predicted octanol–water partition coefficient (Wildman–Crippen LogP) is 4.47. The first-order valence-electron chi connectivity index (χ1n) is 9.85. The smallest absolute Gasteiger partial charge is 0.250 e. The van der Waals surface area contributed by atoms with E-state index < -0.39 is 5.91 Å². The summed E-state index contributed by atoms with van der Waals surface area (Å²) in [5, 5.41) is 0. The van der Waals surface area contributed by atoms with Crippen LogP contribution < -0.4 is 5.73 Å². The summed E-state index contributed by atoms with van der Waals surface area (Å²) in [6.45, 7) is 1.23. The number of nitrogens with one attached hydrogen (secondary N) is 1. The third-order valence-corrected chi connectivity index (χ3v) is 7.25.